The van der Waals surface area contributed by atoms with E-state index in [2.05, 4.69) is 17.2 Å². The number of nitro benzene ring substituents is 1. The van der Waals surface area contributed by atoms with Crippen LogP contribution in [-0.4, -0.2) is 23.0 Å². The van der Waals surface area contributed by atoms with Crippen LogP contribution < -0.4 is 5.32 Å². The van der Waals surface area contributed by atoms with Crippen LogP contribution in [-0.2, 0) is 6.42 Å². The number of aromatic nitrogens is 1. The topological polar surface area (TPSA) is 68.1 Å². The zero-order valence-electron chi connectivity index (χ0n) is 11.1. The van der Waals surface area contributed by atoms with Crippen LogP contribution in [0.15, 0.2) is 30.3 Å². The fraction of sp³-hybridized carbons (Fsp3) is 0.357. The van der Waals surface area contributed by atoms with Crippen molar-refractivity contribution in [2.24, 2.45) is 0 Å². The van der Waals surface area contributed by atoms with E-state index >= 15 is 0 Å². The Balaban J connectivity index is 2.31. The van der Waals surface area contributed by atoms with Gasteiger partial charge in [0.25, 0.3) is 5.69 Å². The van der Waals surface area contributed by atoms with Crippen LogP contribution in [0.4, 0.5) is 5.69 Å². The summed E-state index contributed by atoms with van der Waals surface area (Å²) in [6, 6.07) is 9.00. The summed E-state index contributed by atoms with van der Waals surface area (Å²) in [4.78, 5) is 14.9. The second kappa shape index (κ2) is 5.75. The van der Waals surface area contributed by atoms with Gasteiger partial charge in [-0.15, -0.1) is 0 Å². The van der Waals surface area contributed by atoms with Gasteiger partial charge in [0.2, 0.25) is 0 Å². The number of benzene rings is 1. The van der Waals surface area contributed by atoms with Gasteiger partial charge in [-0.05, 0) is 25.6 Å². The van der Waals surface area contributed by atoms with Crippen LogP contribution in [0.1, 0.15) is 19.0 Å². The average Bonchev–Trinajstić information content (AvgIpc) is 2.43. The zero-order valence-corrected chi connectivity index (χ0v) is 11.1. The molecule has 5 nitrogen and oxygen atoms in total. The molecule has 0 radical (unpaired) electrons. The van der Waals surface area contributed by atoms with Gasteiger partial charge in [0.05, 0.1) is 10.4 Å². The first-order chi connectivity index (χ1) is 9.13. The number of likely N-dealkylation sites (N-methyl/N-ethyl adjacent to an activating group) is 1. The average molecular weight is 259 g/mol. The lowest BCUT2D eigenvalue weighted by Gasteiger charge is -2.13. The molecule has 0 amide bonds. The molecule has 0 aliphatic rings. The van der Waals surface area contributed by atoms with E-state index in [4.69, 9.17) is 0 Å². The predicted molar refractivity (Wildman–Crippen MR) is 75.2 cm³/mol. The third-order valence-corrected chi connectivity index (χ3v) is 3.30. The highest BCUT2D eigenvalue weighted by Crippen LogP contribution is 2.20. The molecule has 1 N–H and O–H groups in total. The molecule has 1 atom stereocenters. The van der Waals surface area contributed by atoms with Gasteiger partial charge < -0.3 is 5.32 Å². The number of fused-ring (bicyclic) bond motifs is 1. The van der Waals surface area contributed by atoms with Crippen LogP contribution in [0.5, 0.6) is 0 Å². The van der Waals surface area contributed by atoms with Crippen LogP contribution in [0, 0.1) is 10.1 Å². The lowest BCUT2D eigenvalue weighted by molar-refractivity contribution is -0.384. The SMILES string of the molecule is CCC(Cc1ccc2cc([N+](=O)[O-])ccc2n1)NC. The van der Waals surface area contributed by atoms with Gasteiger partial charge in [-0.1, -0.05) is 13.0 Å². The van der Waals surface area contributed by atoms with Crippen molar-refractivity contribution < 1.29 is 4.92 Å². The summed E-state index contributed by atoms with van der Waals surface area (Å²) in [5, 5.41) is 14.8. The van der Waals surface area contributed by atoms with Crippen LogP contribution in [0.2, 0.25) is 0 Å². The Morgan fingerprint density at radius 2 is 2.16 bits per heavy atom. The van der Waals surface area contributed by atoms with E-state index < -0.39 is 0 Å². The molecular weight excluding hydrogens is 242 g/mol. The minimum atomic E-state index is -0.387. The molecule has 2 rings (SSSR count). The molecule has 1 aromatic carbocycles. The van der Waals surface area contributed by atoms with Gasteiger partial charge >= 0.3 is 0 Å². The molecule has 5 heteroatoms. The maximum atomic E-state index is 10.7. The Hall–Kier alpha value is -2.01. The number of hydrogen-bond donors (Lipinski definition) is 1. The largest absolute Gasteiger partial charge is 0.317 e. The Kier molecular flexibility index (Phi) is 4.06. The van der Waals surface area contributed by atoms with Gasteiger partial charge in [-0.3, -0.25) is 15.1 Å². The van der Waals surface area contributed by atoms with E-state index in [1.54, 1.807) is 12.1 Å². The molecule has 1 aromatic heterocycles. The number of nitrogens with one attached hydrogen (secondary N) is 1. The Morgan fingerprint density at radius 1 is 1.37 bits per heavy atom. The molecular formula is C14H17N3O2. The third-order valence-electron chi connectivity index (χ3n) is 3.30. The van der Waals surface area contributed by atoms with Crippen molar-refractivity contribution in [3.05, 3.63) is 46.1 Å². The fourth-order valence-corrected chi connectivity index (χ4v) is 2.09. The van der Waals surface area contributed by atoms with E-state index in [1.807, 2.05) is 19.2 Å². The first-order valence-corrected chi connectivity index (χ1v) is 6.35. The second-order valence-corrected chi connectivity index (χ2v) is 4.53. The molecule has 0 saturated carbocycles. The highest BCUT2D eigenvalue weighted by Gasteiger charge is 2.09. The Bertz CT molecular complexity index is 594. The molecule has 1 heterocycles. The minimum Gasteiger partial charge on any atom is -0.317 e. The van der Waals surface area contributed by atoms with Crippen molar-refractivity contribution in [2.75, 3.05) is 7.05 Å². The molecule has 0 fully saturated rings. The van der Waals surface area contributed by atoms with Crippen molar-refractivity contribution in [3.63, 3.8) is 0 Å². The number of nitro groups is 1. The van der Waals surface area contributed by atoms with E-state index in [0.29, 0.717) is 6.04 Å². The first-order valence-electron chi connectivity index (χ1n) is 6.35. The molecule has 0 bridgehead atoms. The van der Waals surface area contributed by atoms with Crippen molar-refractivity contribution in [3.8, 4) is 0 Å². The van der Waals surface area contributed by atoms with Gasteiger partial charge in [0, 0.05) is 35.7 Å². The van der Waals surface area contributed by atoms with Gasteiger partial charge in [-0.2, -0.15) is 0 Å². The standard InChI is InChI=1S/C14H17N3O2/c1-3-11(15-2)9-12-5-4-10-8-13(17(18)19)6-7-14(10)16-12/h4-8,11,15H,3,9H2,1-2H3. The highest BCUT2D eigenvalue weighted by molar-refractivity contribution is 5.81. The Labute approximate surface area is 111 Å². The van der Waals surface area contributed by atoms with Crippen molar-refractivity contribution >= 4 is 16.6 Å². The van der Waals surface area contributed by atoms with Crippen molar-refractivity contribution in [1.29, 1.82) is 0 Å². The first kappa shape index (κ1) is 13.4. The number of pyridine rings is 1. The maximum Gasteiger partial charge on any atom is 0.270 e. The summed E-state index contributed by atoms with van der Waals surface area (Å²) in [7, 11) is 1.94. The molecule has 0 aliphatic heterocycles. The van der Waals surface area contributed by atoms with Gasteiger partial charge in [-0.25, -0.2) is 0 Å². The van der Waals surface area contributed by atoms with Gasteiger partial charge in [0.15, 0.2) is 0 Å². The lowest BCUT2D eigenvalue weighted by Crippen LogP contribution is -2.26. The smallest absolute Gasteiger partial charge is 0.270 e. The monoisotopic (exact) mass is 259 g/mol. The van der Waals surface area contributed by atoms with Crippen molar-refractivity contribution in [1.82, 2.24) is 10.3 Å². The normalized spacial score (nSPS) is 12.5. The summed E-state index contributed by atoms with van der Waals surface area (Å²) in [6.07, 6.45) is 1.90. The molecule has 0 aliphatic carbocycles. The third kappa shape index (κ3) is 3.06. The zero-order chi connectivity index (χ0) is 13.8. The number of non-ortho nitro benzene ring substituents is 1. The molecule has 100 valence electrons. The lowest BCUT2D eigenvalue weighted by atomic mass is 10.1. The Morgan fingerprint density at radius 3 is 2.79 bits per heavy atom. The van der Waals surface area contributed by atoms with E-state index in [1.165, 1.54) is 6.07 Å². The second-order valence-electron chi connectivity index (χ2n) is 4.53. The van der Waals surface area contributed by atoms with Gasteiger partial charge in [0.1, 0.15) is 0 Å². The molecule has 1 unspecified atom stereocenters. The minimum absolute atomic E-state index is 0.101. The molecule has 0 saturated heterocycles. The number of rotatable bonds is 5. The summed E-state index contributed by atoms with van der Waals surface area (Å²) < 4.78 is 0. The summed E-state index contributed by atoms with van der Waals surface area (Å²) in [5.41, 5.74) is 1.90. The van der Waals surface area contributed by atoms with Crippen LogP contribution in [0.25, 0.3) is 10.9 Å². The fourth-order valence-electron chi connectivity index (χ4n) is 2.09. The summed E-state index contributed by atoms with van der Waals surface area (Å²) >= 11 is 0. The highest BCUT2D eigenvalue weighted by atomic mass is 16.6. The molecule has 2 aromatic rings. The molecule has 0 spiro atoms. The van der Waals surface area contributed by atoms with Crippen LogP contribution >= 0.6 is 0 Å². The summed E-state index contributed by atoms with van der Waals surface area (Å²) in [5.74, 6) is 0. The predicted octanol–water partition coefficient (Wildman–Crippen LogP) is 2.68. The van der Waals surface area contributed by atoms with E-state index in [9.17, 15) is 10.1 Å². The molecule has 19 heavy (non-hydrogen) atoms. The van der Waals surface area contributed by atoms with E-state index in [0.717, 1.165) is 29.4 Å². The van der Waals surface area contributed by atoms with Crippen molar-refractivity contribution in [2.45, 2.75) is 25.8 Å². The summed E-state index contributed by atoms with van der Waals surface area (Å²) in [6.45, 7) is 2.13. The van der Waals surface area contributed by atoms with E-state index in [-0.39, 0.29) is 10.6 Å². The van der Waals surface area contributed by atoms with Crippen LogP contribution in [0.3, 0.4) is 0 Å². The quantitative estimate of drug-likeness (QED) is 0.662. The maximum absolute atomic E-state index is 10.7. The number of nitrogens with zero attached hydrogens (tertiary/aromatic N) is 2. The number of hydrogen-bond acceptors (Lipinski definition) is 4.